The minimum atomic E-state index is -1.54. The summed E-state index contributed by atoms with van der Waals surface area (Å²) < 4.78 is 0. The monoisotopic (exact) mass is 885 g/mol. The first kappa shape index (κ1) is 57.2. The van der Waals surface area contributed by atoms with E-state index in [0.717, 1.165) is 57.8 Å². The van der Waals surface area contributed by atoms with Gasteiger partial charge in [0.25, 0.3) is 0 Å². The highest BCUT2D eigenvalue weighted by molar-refractivity contribution is 5.88. The molecular formula is C43H76N6O13. The molecule has 19 nitrogen and oxygen atoms in total. The van der Waals surface area contributed by atoms with Crippen LogP contribution in [0.1, 0.15) is 181 Å². The van der Waals surface area contributed by atoms with Gasteiger partial charge in [-0.3, -0.25) is 28.8 Å². The third-order valence-corrected chi connectivity index (χ3v) is 10.3. The largest absolute Gasteiger partial charge is 0.481 e. The molecule has 0 radical (unpaired) electrons. The van der Waals surface area contributed by atoms with Crippen LogP contribution in [0.4, 0.5) is 0 Å². The van der Waals surface area contributed by atoms with Gasteiger partial charge in [-0.25, -0.2) is 14.4 Å². The number of hydrogen-bond acceptors (Lipinski definition) is 10. The van der Waals surface area contributed by atoms with Crippen molar-refractivity contribution in [3.8, 4) is 0 Å². The van der Waals surface area contributed by atoms with E-state index in [9.17, 15) is 58.5 Å². The molecule has 62 heavy (non-hydrogen) atoms. The molecule has 5 amide bonds. The molecule has 0 fully saturated rings. The number of aliphatic carboxylic acids is 4. The predicted molar refractivity (Wildman–Crippen MR) is 231 cm³/mol. The van der Waals surface area contributed by atoms with Crippen LogP contribution in [0.15, 0.2) is 0 Å². The summed E-state index contributed by atoms with van der Waals surface area (Å²) in [4.78, 5) is 108. The van der Waals surface area contributed by atoms with Crippen LogP contribution in [-0.4, -0.2) is 110 Å². The summed E-state index contributed by atoms with van der Waals surface area (Å²) in [6, 6.07) is -4.44. The number of rotatable bonds is 39. The molecule has 0 saturated carbocycles. The highest BCUT2D eigenvalue weighted by Gasteiger charge is 2.27. The smallest absolute Gasteiger partial charge is 0.326 e. The molecular weight excluding hydrogens is 809 g/mol. The van der Waals surface area contributed by atoms with Crippen LogP contribution in [0.3, 0.4) is 0 Å². The first-order chi connectivity index (χ1) is 29.2. The Hall–Kier alpha value is -4.81. The molecule has 11 N–H and O–H groups in total. The van der Waals surface area contributed by atoms with Crippen molar-refractivity contribution in [1.29, 1.82) is 0 Å². The van der Waals surface area contributed by atoms with Crippen molar-refractivity contribution >= 4 is 53.4 Å². The first-order valence-electron chi connectivity index (χ1n) is 22.4. The van der Waals surface area contributed by atoms with Gasteiger partial charge in [0.15, 0.2) is 0 Å². The van der Waals surface area contributed by atoms with E-state index >= 15 is 0 Å². The second-order valence-corrected chi connectivity index (χ2v) is 16.8. The molecule has 0 spiro atoms. The van der Waals surface area contributed by atoms with Gasteiger partial charge in [0.2, 0.25) is 29.5 Å². The van der Waals surface area contributed by atoms with Gasteiger partial charge in [-0.2, -0.15) is 0 Å². The number of carboxylic acid groups (broad SMARTS) is 4. The fourth-order valence-corrected chi connectivity index (χ4v) is 6.45. The Morgan fingerprint density at radius 2 is 0.774 bits per heavy atom. The molecule has 356 valence electrons. The zero-order valence-electron chi connectivity index (χ0n) is 37.2. The Balaban J connectivity index is 4.38. The number of amides is 5. The number of hydrogen-bond donors (Lipinski definition) is 10. The fourth-order valence-electron chi connectivity index (χ4n) is 6.45. The molecule has 0 heterocycles. The number of nitrogens with one attached hydrogen (secondary N) is 5. The zero-order valence-corrected chi connectivity index (χ0v) is 37.2. The van der Waals surface area contributed by atoms with Crippen molar-refractivity contribution in [1.82, 2.24) is 26.6 Å². The van der Waals surface area contributed by atoms with E-state index < -0.39 is 90.4 Å². The summed E-state index contributed by atoms with van der Waals surface area (Å²) in [6.07, 6.45) is 14.7. The van der Waals surface area contributed by atoms with Crippen LogP contribution < -0.4 is 32.3 Å². The molecule has 0 rings (SSSR count). The second-order valence-electron chi connectivity index (χ2n) is 16.8. The lowest BCUT2D eigenvalue weighted by Crippen LogP contribution is -2.51. The van der Waals surface area contributed by atoms with E-state index in [0.29, 0.717) is 32.2 Å². The molecule has 19 heteroatoms. The van der Waals surface area contributed by atoms with Crippen molar-refractivity contribution in [2.24, 2.45) is 5.73 Å². The Bertz CT molecular complexity index is 1400. The summed E-state index contributed by atoms with van der Waals surface area (Å²) in [7, 11) is 0. The van der Waals surface area contributed by atoms with E-state index in [1.807, 2.05) is 6.92 Å². The topological polar surface area (TPSA) is 321 Å². The van der Waals surface area contributed by atoms with Gasteiger partial charge in [-0.05, 0) is 72.1 Å². The Kier molecular flexibility index (Phi) is 31.2. The Labute approximate surface area is 366 Å². The summed E-state index contributed by atoms with van der Waals surface area (Å²) in [5, 5.41) is 49.8. The van der Waals surface area contributed by atoms with Crippen molar-refractivity contribution in [2.75, 3.05) is 6.54 Å². The van der Waals surface area contributed by atoms with Gasteiger partial charge in [-0.1, -0.05) is 77.0 Å². The lowest BCUT2D eigenvalue weighted by atomic mass is 10.0. The van der Waals surface area contributed by atoms with Gasteiger partial charge in [0.1, 0.15) is 18.1 Å². The van der Waals surface area contributed by atoms with E-state index in [2.05, 4.69) is 26.6 Å². The average Bonchev–Trinajstić information content (AvgIpc) is 3.18. The standard InChI is InChI=1S/C43H76N6O13/c1-30(46-42(62)43(2,3)44)20-18-19-29-45-34(50)26-23-31(39(56)57)48-36(52)28-25-33(41(60)61)49-37(53)27-24-32(40(58)59)47-35(51)21-16-14-12-10-8-6-4-5-7-9-11-13-15-17-22-38(54)55/h30-33H,4-29,44H2,1-3H3,(H,45,50)(H,46,62)(H,47,51)(H,48,52)(H,49,53)(H,54,55)(H,56,57)(H,58,59)(H,60,61)/t30?,31?,32?,33-/m0/s1. The number of unbranched alkanes of at least 4 members (excludes halogenated alkanes) is 14. The minimum Gasteiger partial charge on any atom is -0.481 e. The van der Waals surface area contributed by atoms with Gasteiger partial charge in [0.05, 0.1) is 5.54 Å². The second kappa shape index (κ2) is 33.8. The molecule has 0 saturated heterocycles. The van der Waals surface area contributed by atoms with Crippen molar-refractivity contribution in [3.05, 3.63) is 0 Å². The molecule has 0 aromatic carbocycles. The van der Waals surface area contributed by atoms with Gasteiger partial charge in [0, 0.05) is 44.7 Å². The molecule has 0 aliphatic rings. The van der Waals surface area contributed by atoms with Crippen LogP contribution in [-0.2, 0) is 43.2 Å². The maximum atomic E-state index is 12.6. The first-order valence-corrected chi connectivity index (χ1v) is 22.4. The van der Waals surface area contributed by atoms with Crippen molar-refractivity contribution < 1.29 is 63.6 Å². The molecule has 0 aliphatic carbocycles. The average molecular weight is 885 g/mol. The SMILES string of the molecule is CC(CCCCNC(=O)CCC(NC(=O)CC[C@H](NC(=O)CCC(NC(=O)CCCCCCCCCCCCCCCCC(=O)O)C(=O)O)C(=O)O)C(=O)O)NC(=O)C(C)(C)N. The number of carbonyl (C=O) groups excluding carboxylic acids is 5. The fraction of sp³-hybridized carbons (Fsp3) is 0.791. The quantitative estimate of drug-likeness (QED) is 0.0392. The van der Waals surface area contributed by atoms with Crippen LogP contribution >= 0.6 is 0 Å². The maximum Gasteiger partial charge on any atom is 0.326 e. The van der Waals surface area contributed by atoms with Crippen LogP contribution in [0.2, 0.25) is 0 Å². The third-order valence-electron chi connectivity index (χ3n) is 10.3. The van der Waals surface area contributed by atoms with E-state index in [4.69, 9.17) is 10.8 Å². The Morgan fingerprint density at radius 1 is 0.435 bits per heavy atom. The molecule has 0 bridgehead atoms. The summed E-state index contributed by atoms with van der Waals surface area (Å²) in [6.45, 7) is 5.38. The minimum absolute atomic E-state index is 0.110. The maximum absolute atomic E-state index is 12.6. The molecule has 4 atom stereocenters. The van der Waals surface area contributed by atoms with Gasteiger partial charge >= 0.3 is 23.9 Å². The van der Waals surface area contributed by atoms with Crippen LogP contribution in [0, 0.1) is 0 Å². The summed E-state index contributed by atoms with van der Waals surface area (Å²) >= 11 is 0. The number of carbonyl (C=O) groups is 9. The van der Waals surface area contributed by atoms with E-state index in [1.54, 1.807) is 13.8 Å². The zero-order chi connectivity index (χ0) is 46.9. The van der Waals surface area contributed by atoms with E-state index in [-0.39, 0.29) is 44.1 Å². The molecule has 0 aliphatic heterocycles. The predicted octanol–water partition coefficient (Wildman–Crippen LogP) is 3.89. The molecule has 3 unspecified atom stereocenters. The molecule has 0 aromatic heterocycles. The Morgan fingerprint density at radius 3 is 1.13 bits per heavy atom. The summed E-state index contributed by atoms with van der Waals surface area (Å²) in [5.41, 5.74) is 4.78. The van der Waals surface area contributed by atoms with Gasteiger partial charge in [-0.15, -0.1) is 0 Å². The van der Waals surface area contributed by atoms with Crippen LogP contribution in [0.25, 0.3) is 0 Å². The van der Waals surface area contributed by atoms with E-state index in [1.165, 1.54) is 25.7 Å². The van der Waals surface area contributed by atoms with Gasteiger partial charge < -0.3 is 52.7 Å². The molecule has 0 aromatic rings. The number of nitrogens with two attached hydrogens (primary N) is 1. The van der Waals surface area contributed by atoms with Crippen molar-refractivity contribution in [3.63, 3.8) is 0 Å². The third kappa shape index (κ3) is 32.0. The number of carboxylic acids is 4. The normalized spacial score (nSPS) is 13.2. The van der Waals surface area contributed by atoms with Crippen LogP contribution in [0.5, 0.6) is 0 Å². The highest BCUT2D eigenvalue weighted by Crippen LogP contribution is 2.14. The lowest BCUT2D eigenvalue weighted by Gasteiger charge is -2.21. The highest BCUT2D eigenvalue weighted by atomic mass is 16.4. The summed E-state index contributed by atoms with van der Waals surface area (Å²) in [5.74, 6) is -7.72. The van der Waals surface area contributed by atoms with Crippen molar-refractivity contribution in [2.45, 2.75) is 211 Å². The lowest BCUT2D eigenvalue weighted by molar-refractivity contribution is -0.144.